The number of nitrogens with one attached hydrogen (secondary N) is 1. The average molecular weight is 837 g/mol. The number of benzene rings is 4. The first-order valence-corrected chi connectivity index (χ1v) is 19.0. The monoisotopic (exact) mass is 836 g/mol. The lowest BCUT2D eigenvalue weighted by Gasteiger charge is -2.25. The Kier molecular flexibility index (Phi) is 16.8. The van der Waals surface area contributed by atoms with Crippen LogP contribution in [0.5, 0.6) is 28.7 Å². The number of nitrogens with zero attached hydrogens (tertiary/aromatic N) is 2. The van der Waals surface area contributed by atoms with Crippen LogP contribution in [0, 0.1) is 0 Å². The SMILES string of the molecule is CC(C)OC(=O)C(C)(C)Oc1ccc(C(=O)c2ccc(Cl)cc2)cc1.COc1ccc(Cc2nccc3cc(OC)c(OC)cc23)cc1OC.NNC(=O)c1ccncc1. The van der Waals surface area contributed by atoms with Crippen LogP contribution < -0.4 is 35.0 Å². The highest BCUT2D eigenvalue weighted by atomic mass is 35.5. The van der Waals surface area contributed by atoms with Gasteiger partial charge in [0, 0.05) is 52.1 Å². The van der Waals surface area contributed by atoms with Crippen LogP contribution in [-0.2, 0) is 16.0 Å². The fourth-order valence-corrected chi connectivity index (χ4v) is 5.73. The van der Waals surface area contributed by atoms with Crippen LogP contribution in [0.3, 0.4) is 0 Å². The normalized spacial score (nSPS) is 10.6. The third-order valence-corrected chi connectivity index (χ3v) is 8.93. The first-order chi connectivity index (χ1) is 28.7. The summed E-state index contributed by atoms with van der Waals surface area (Å²) >= 11 is 5.84. The van der Waals surface area contributed by atoms with E-state index >= 15 is 0 Å². The van der Waals surface area contributed by atoms with Gasteiger partial charge in [-0.05, 0) is 130 Å². The van der Waals surface area contributed by atoms with Crippen molar-refractivity contribution in [2.24, 2.45) is 5.84 Å². The smallest absolute Gasteiger partial charge is 0.350 e. The highest BCUT2D eigenvalue weighted by Gasteiger charge is 2.32. The number of fused-ring (bicyclic) bond motifs is 1. The fraction of sp³-hybridized carbons (Fsp3) is 0.239. The molecule has 14 heteroatoms. The van der Waals surface area contributed by atoms with Crippen molar-refractivity contribution in [2.75, 3.05) is 28.4 Å². The Morgan fingerprint density at radius 2 is 1.27 bits per heavy atom. The molecule has 0 bridgehead atoms. The summed E-state index contributed by atoms with van der Waals surface area (Å²) in [7, 11) is 6.53. The lowest BCUT2D eigenvalue weighted by Crippen LogP contribution is -2.40. The number of ketones is 1. The van der Waals surface area contributed by atoms with Gasteiger partial charge in [0.25, 0.3) is 5.91 Å². The lowest BCUT2D eigenvalue weighted by atomic mass is 10.0. The molecule has 13 nitrogen and oxygen atoms in total. The van der Waals surface area contributed by atoms with Gasteiger partial charge in [0.05, 0.1) is 40.2 Å². The molecule has 0 saturated heterocycles. The van der Waals surface area contributed by atoms with Crippen molar-refractivity contribution >= 4 is 40.0 Å². The molecule has 0 fully saturated rings. The Labute approximate surface area is 354 Å². The highest BCUT2D eigenvalue weighted by Crippen LogP contribution is 2.34. The number of nitrogens with two attached hydrogens (primary N) is 1. The quantitative estimate of drug-likeness (QED) is 0.0376. The molecule has 0 unspecified atom stereocenters. The number of ether oxygens (including phenoxy) is 6. The van der Waals surface area contributed by atoms with Gasteiger partial charge < -0.3 is 28.4 Å². The molecule has 0 aliphatic rings. The van der Waals surface area contributed by atoms with Gasteiger partial charge in [-0.1, -0.05) is 17.7 Å². The molecule has 0 spiro atoms. The minimum Gasteiger partial charge on any atom is -0.493 e. The second kappa shape index (κ2) is 21.9. The van der Waals surface area contributed by atoms with E-state index in [4.69, 9.17) is 45.9 Å². The maximum absolute atomic E-state index is 12.4. The van der Waals surface area contributed by atoms with Gasteiger partial charge in [0.2, 0.25) is 0 Å². The molecule has 2 aromatic heterocycles. The Hall–Kier alpha value is -6.70. The van der Waals surface area contributed by atoms with Gasteiger partial charge in [-0.25, -0.2) is 10.6 Å². The van der Waals surface area contributed by atoms with Crippen LogP contribution in [0.4, 0.5) is 0 Å². The topological polar surface area (TPSA) is 170 Å². The third kappa shape index (κ3) is 12.6. The number of methoxy groups -OCH3 is 4. The van der Waals surface area contributed by atoms with E-state index in [1.165, 1.54) is 12.4 Å². The van der Waals surface area contributed by atoms with Crippen LogP contribution in [0.25, 0.3) is 10.8 Å². The van der Waals surface area contributed by atoms with Crippen molar-refractivity contribution in [3.05, 3.63) is 149 Å². The molecule has 0 atom stereocenters. The number of aromatic nitrogens is 2. The second-order valence-electron chi connectivity index (χ2n) is 13.7. The Morgan fingerprint density at radius 3 is 1.83 bits per heavy atom. The van der Waals surface area contributed by atoms with Crippen molar-refractivity contribution in [1.82, 2.24) is 15.4 Å². The maximum Gasteiger partial charge on any atom is 0.350 e. The zero-order chi connectivity index (χ0) is 43.8. The number of carbonyl (C=O) groups is 3. The maximum atomic E-state index is 12.4. The van der Waals surface area contributed by atoms with Crippen molar-refractivity contribution in [3.63, 3.8) is 0 Å². The third-order valence-electron chi connectivity index (χ3n) is 8.67. The number of pyridine rings is 2. The molecule has 0 aliphatic heterocycles. The zero-order valence-electron chi connectivity index (χ0n) is 34.8. The number of nitrogen functional groups attached to an aromatic ring is 1. The molecule has 6 aromatic rings. The van der Waals surface area contributed by atoms with Crippen LogP contribution >= 0.6 is 11.6 Å². The highest BCUT2D eigenvalue weighted by molar-refractivity contribution is 6.30. The predicted molar refractivity (Wildman–Crippen MR) is 230 cm³/mol. The van der Waals surface area contributed by atoms with Gasteiger partial charge in [-0.3, -0.25) is 25.0 Å². The number of carbonyl (C=O) groups excluding carboxylic acids is 3. The molecule has 60 heavy (non-hydrogen) atoms. The van der Waals surface area contributed by atoms with E-state index in [1.54, 1.807) is 117 Å². The minimum atomic E-state index is -1.12. The summed E-state index contributed by atoms with van der Waals surface area (Å²) in [5.74, 6) is 7.33. The van der Waals surface area contributed by atoms with E-state index in [2.05, 4.69) is 9.97 Å². The molecular formula is C46H49ClN4O9. The molecule has 6 rings (SSSR count). The molecular weight excluding hydrogens is 788 g/mol. The summed E-state index contributed by atoms with van der Waals surface area (Å²) in [6.07, 6.45) is 5.34. The van der Waals surface area contributed by atoms with Crippen LogP contribution in [0.1, 0.15) is 65.2 Å². The second-order valence-corrected chi connectivity index (χ2v) is 14.1. The Morgan fingerprint density at radius 1 is 0.700 bits per heavy atom. The minimum absolute atomic E-state index is 0.110. The summed E-state index contributed by atoms with van der Waals surface area (Å²) in [6, 6.07) is 28.3. The van der Waals surface area contributed by atoms with E-state index in [0.717, 1.165) is 22.0 Å². The van der Waals surface area contributed by atoms with Crippen LogP contribution in [-0.4, -0.2) is 67.8 Å². The van der Waals surface area contributed by atoms with E-state index in [9.17, 15) is 14.4 Å². The van der Waals surface area contributed by atoms with Crippen molar-refractivity contribution in [1.29, 1.82) is 0 Å². The molecule has 3 N–H and O–H groups in total. The van der Waals surface area contributed by atoms with Crippen molar-refractivity contribution < 1.29 is 42.8 Å². The molecule has 2 heterocycles. The molecule has 314 valence electrons. The summed E-state index contributed by atoms with van der Waals surface area (Å²) in [4.78, 5) is 43.5. The molecule has 0 radical (unpaired) electrons. The number of hydrogen-bond donors (Lipinski definition) is 2. The first kappa shape index (κ1) is 46.0. The number of hydrogen-bond acceptors (Lipinski definition) is 12. The van der Waals surface area contributed by atoms with E-state index < -0.39 is 11.6 Å². The van der Waals surface area contributed by atoms with E-state index in [1.807, 2.05) is 48.0 Å². The van der Waals surface area contributed by atoms with Crippen molar-refractivity contribution in [2.45, 2.75) is 45.8 Å². The number of esters is 1. The average Bonchev–Trinajstić information content (AvgIpc) is 3.26. The zero-order valence-corrected chi connectivity index (χ0v) is 35.5. The van der Waals surface area contributed by atoms with Crippen molar-refractivity contribution in [3.8, 4) is 28.7 Å². The summed E-state index contributed by atoms with van der Waals surface area (Å²) in [6.45, 7) is 6.85. The van der Waals surface area contributed by atoms with Gasteiger partial charge in [-0.15, -0.1) is 0 Å². The molecule has 1 amide bonds. The number of hydrazine groups is 1. The fourth-order valence-electron chi connectivity index (χ4n) is 5.61. The summed E-state index contributed by atoms with van der Waals surface area (Å²) < 4.78 is 32.4. The molecule has 0 saturated carbocycles. The summed E-state index contributed by atoms with van der Waals surface area (Å²) in [5, 5.41) is 2.67. The first-order valence-electron chi connectivity index (χ1n) is 18.6. The summed E-state index contributed by atoms with van der Waals surface area (Å²) in [5.41, 5.74) is 4.54. The Balaban J connectivity index is 0.000000216. The molecule has 0 aliphatic carbocycles. The number of rotatable bonds is 13. The number of halogens is 1. The predicted octanol–water partition coefficient (Wildman–Crippen LogP) is 8.23. The van der Waals surface area contributed by atoms with Crippen LogP contribution in [0.15, 0.2) is 116 Å². The van der Waals surface area contributed by atoms with E-state index in [-0.39, 0.29) is 17.8 Å². The van der Waals surface area contributed by atoms with Gasteiger partial charge in [-0.2, -0.15) is 0 Å². The van der Waals surface area contributed by atoms with Gasteiger partial charge in [0.1, 0.15) is 5.75 Å². The van der Waals surface area contributed by atoms with Gasteiger partial charge in [0.15, 0.2) is 34.4 Å². The number of amides is 1. The lowest BCUT2D eigenvalue weighted by molar-refractivity contribution is -0.163. The Bertz CT molecular complexity index is 2360. The largest absolute Gasteiger partial charge is 0.493 e. The van der Waals surface area contributed by atoms with Gasteiger partial charge >= 0.3 is 5.97 Å². The standard InChI is InChI=1S/C20H21ClO4.C20H21NO4.C6H7N3O/c1-13(2)24-19(23)20(3,4)25-17-11-7-15(8-12-17)18(22)14-5-9-16(21)10-6-14;1-22-17-6-5-13(10-18(17)23-2)9-16-15-12-20(25-4)19(24-3)11-14(15)7-8-21-16;7-9-6(10)5-1-3-8-4-2-5/h5-13H,1-4H3;5-8,10-12H,9H2,1-4H3;1-4H,7H2,(H,9,10). The van der Waals surface area contributed by atoms with Crippen LogP contribution in [0.2, 0.25) is 5.02 Å². The van der Waals surface area contributed by atoms with E-state index in [0.29, 0.717) is 56.9 Å². The molecule has 4 aromatic carbocycles.